The summed E-state index contributed by atoms with van der Waals surface area (Å²) >= 11 is 3.17. The van der Waals surface area contributed by atoms with Crippen LogP contribution in [0.3, 0.4) is 0 Å². The van der Waals surface area contributed by atoms with Crippen molar-refractivity contribution in [2.75, 3.05) is 18.4 Å². The van der Waals surface area contributed by atoms with Gasteiger partial charge in [0.2, 0.25) is 10.0 Å². The molecule has 0 N–H and O–H groups in total. The first-order valence-electron chi connectivity index (χ1n) is 4.69. The molecule has 0 amide bonds. The van der Waals surface area contributed by atoms with E-state index in [2.05, 4.69) is 20.9 Å². The largest absolute Gasteiger partial charge is 0.260 e. The van der Waals surface area contributed by atoms with Gasteiger partial charge in [-0.2, -0.15) is 4.31 Å². The summed E-state index contributed by atoms with van der Waals surface area (Å²) in [6.07, 6.45) is 2.12. The van der Waals surface area contributed by atoms with Gasteiger partial charge in [-0.05, 0) is 6.07 Å². The highest BCUT2D eigenvalue weighted by Crippen LogP contribution is 2.15. The van der Waals surface area contributed by atoms with Crippen LogP contribution in [0.25, 0.3) is 0 Å². The van der Waals surface area contributed by atoms with Crippen LogP contribution in [-0.2, 0) is 10.0 Å². The highest BCUT2D eigenvalue weighted by Gasteiger charge is 2.23. The van der Waals surface area contributed by atoms with Gasteiger partial charge in [0.1, 0.15) is 10.7 Å². The first-order valence-corrected chi connectivity index (χ1v) is 7.25. The standard InChI is InChI=1S/C9H12BrFN2O2S/c1-2-13(4-3-10)16(14,15)9-5-8(11)6-12-7-9/h5-7H,2-4H2,1H3. The average Bonchev–Trinajstić information content (AvgIpc) is 2.25. The molecule has 0 aliphatic heterocycles. The van der Waals surface area contributed by atoms with E-state index in [-0.39, 0.29) is 4.90 Å². The van der Waals surface area contributed by atoms with Crippen LogP contribution in [0.2, 0.25) is 0 Å². The molecule has 0 saturated heterocycles. The molecule has 90 valence electrons. The minimum absolute atomic E-state index is 0.115. The number of hydrogen-bond donors (Lipinski definition) is 0. The van der Waals surface area contributed by atoms with Gasteiger partial charge in [-0.3, -0.25) is 4.98 Å². The topological polar surface area (TPSA) is 50.3 Å². The summed E-state index contributed by atoms with van der Waals surface area (Å²) in [6.45, 7) is 2.41. The van der Waals surface area contributed by atoms with Gasteiger partial charge in [0.25, 0.3) is 0 Å². The van der Waals surface area contributed by atoms with Gasteiger partial charge in [0, 0.05) is 24.6 Å². The molecule has 1 rings (SSSR count). The predicted molar refractivity (Wildman–Crippen MR) is 62.4 cm³/mol. The maximum atomic E-state index is 12.9. The molecule has 0 atom stereocenters. The third-order valence-electron chi connectivity index (χ3n) is 2.00. The SMILES string of the molecule is CCN(CCBr)S(=O)(=O)c1cncc(F)c1. The molecule has 0 aliphatic carbocycles. The molecule has 7 heteroatoms. The van der Waals surface area contributed by atoms with Crippen molar-refractivity contribution < 1.29 is 12.8 Å². The van der Waals surface area contributed by atoms with Crippen LogP contribution in [-0.4, -0.2) is 36.1 Å². The minimum atomic E-state index is -3.63. The Kier molecular flexibility index (Phi) is 4.82. The summed E-state index contributed by atoms with van der Waals surface area (Å²) in [7, 11) is -3.63. The van der Waals surface area contributed by atoms with Gasteiger partial charge >= 0.3 is 0 Å². The summed E-state index contributed by atoms with van der Waals surface area (Å²) in [5.74, 6) is -0.657. The van der Waals surface area contributed by atoms with Crippen LogP contribution in [0.5, 0.6) is 0 Å². The fraction of sp³-hybridized carbons (Fsp3) is 0.444. The fourth-order valence-electron chi connectivity index (χ4n) is 1.23. The molecule has 0 aliphatic rings. The molecule has 1 heterocycles. The van der Waals surface area contributed by atoms with E-state index in [1.54, 1.807) is 6.92 Å². The molecule has 16 heavy (non-hydrogen) atoms. The minimum Gasteiger partial charge on any atom is -0.260 e. The van der Waals surface area contributed by atoms with Gasteiger partial charge in [0.05, 0.1) is 6.20 Å². The lowest BCUT2D eigenvalue weighted by molar-refractivity contribution is 0.447. The van der Waals surface area contributed by atoms with Crippen molar-refractivity contribution >= 4 is 26.0 Å². The molecule has 4 nitrogen and oxygen atoms in total. The normalized spacial score (nSPS) is 12.0. The van der Waals surface area contributed by atoms with Crippen LogP contribution in [0.1, 0.15) is 6.92 Å². The summed E-state index contributed by atoms with van der Waals surface area (Å²) < 4.78 is 38.2. The summed E-state index contributed by atoms with van der Waals surface area (Å²) in [6, 6.07) is 0.971. The van der Waals surface area contributed by atoms with Crippen LogP contribution >= 0.6 is 15.9 Å². The molecule has 0 bridgehead atoms. The van der Waals surface area contributed by atoms with Crippen LogP contribution in [0.4, 0.5) is 4.39 Å². The van der Waals surface area contributed by atoms with E-state index in [0.717, 1.165) is 18.5 Å². The number of alkyl halides is 1. The van der Waals surface area contributed by atoms with Crippen molar-refractivity contribution in [1.82, 2.24) is 9.29 Å². The fourth-order valence-corrected chi connectivity index (χ4v) is 3.31. The first kappa shape index (κ1) is 13.5. The summed E-state index contributed by atoms with van der Waals surface area (Å²) in [5.41, 5.74) is 0. The Bertz CT molecular complexity index is 453. The third-order valence-corrected chi connectivity index (χ3v) is 4.30. The Labute approximate surface area is 103 Å². The van der Waals surface area contributed by atoms with E-state index in [1.807, 2.05) is 0 Å². The second-order valence-electron chi connectivity index (χ2n) is 3.02. The second-order valence-corrected chi connectivity index (χ2v) is 5.76. The van der Waals surface area contributed by atoms with Crippen molar-refractivity contribution in [3.63, 3.8) is 0 Å². The monoisotopic (exact) mass is 310 g/mol. The Morgan fingerprint density at radius 3 is 2.69 bits per heavy atom. The lowest BCUT2D eigenvalue weighted by Gasteiger charge is -2.18. The number of aromatic nitrogens is 1. The zero-order valence-electron chi connectivity index (χ0n) is 8.73. The van der Waals surface area contributed by atoms with E-state index in [0.29, 0.717) is 18.4 Å². The van der Waals surface area contributed by atoms with E-state index < -0.39 is 15.8 Å². The molecule has 1 aromatic rings. The highest BCUT2D eigenvalue weighted by atomic mass is 79.9. The maximum absolute atomic E-state index is 12.9. The quantitative estimate of drug-likeness (QED) is 0.777. The molecule has 1 aromatic heterocycles. The van der Waals surface area contributed by atoms with E-state index in [9.17, 15) is 12.8 Å². The number of sulfonamides is 1. The first-order chi connectivity index (χ1) is 7.52. The number of halogens is 2. The van der Waals surface area contributed by atoms with Gasteiger partial charge in [-0.25, -0.2) is 12.8 Å². The van der Waals surface area contributed by atoms with Gasteiger partial charge < -0.3 is 0 Å². The van der Waals surface area contributed by atoms with Crippen molar-refractivity contribution in [3.05, 3.63) is 24.3 Å². The zero-order chi connectivity index (χ0) is 12.2. The number of pyridine rings is 1. The Balaban J connectivity index is 3.09. The van der Waals surface area contributed by atoms with Crippen LogP contribution < -0.4 is 0 Å². The van der Waals surface area contributed by atoms with Gasteiger partial charge in [0.15, 0.2) is 0 Å². The Morgan fingerprint density at radius 2 is 2.19 bits per heavy atom. The van der Waals surface area contributed by atoms with Crippen LogP contribution in [0, 0.1) is 5.82 Å². The summed E-state index contributed by atoms with van der Waals surface area (Å²) in [4.78, 5) is 3.42. The second kappa shape index (κ2) is 5.70. The summed E-state index contributed by atoms with van der Waals surface area (Å²) in [5, 5.41) is 0.531. The number of nitrogens with zero attached hydrogens (tertiary/aromatic N) is 2. The Morgan fingerprint density at radius 1 is 1.50 bits per heavy atom. The molecule has 0 aromatic carbocycles. The van der Waals surface area contributed by atoms with Crippen molar-refractivity contribution in [2.24, 2.45) is 0 Å². The third kappa shape index (κ3) is 2.99. The maximum Gasteiger partial charge on any atom is 0.244 e. The predicted octanol–water partition coefficient (Wildman–Crippen LogP) is 1.63. The van der Waals surface area contributed by atoms with E-state index in [4.69, 9.17) is 0 Å². The van der Waals surface area contributed by atoms with E-state index >= 15 is 0 Å². The lowest BCUT2D eigenvalue weighted by atomic mass is 10.5. The molecule has 0 unspecified atom stereocenters. The molecule has 0 radical (unpaired) electrons. The number of hydrogen-bond acceptors (Lipinski definition) is 3. The average molecular weight is 311 g/mol. The highest BCUT2D eigenvalue weighted by molar-refractivity contribution is 9.09. The van der Waals surface area contributed by atoms with Crippen LogP contribution in [0.15, 0.2) is 23.4 Å². The Hall–Kier alpha value is -0.530. The molecule has 0 saturated carbocycles. The molecular weight excluding hydrogens is 299 g/mol. The van der Waals surface area contributed by atoms with Crippen molar-refractivity contribution in [2.45, 2.75) is 11.8 Å². The smallest absolute Gasteiger partial charge is 0.244 e. The van der Waals surface area contributed by atoms with E-state index in [1.165, 1.54) is 4.31 Å². The zero-order valence-corrected chi connectivity index (χ0v) is 11.1. The molecule has 0 spiro atoms. The van der Waals surface area contributed by atoms with Gasteiger partial charge in [-0.1, -0.05) is 22.9 Å². The van der Waals surface area contributed by atoms with Gasteiger partial charge in [-0.15, -0.1) is 0 Å². The van der Waals surface area contributed by atoms with Crippen molar-refractivity contribution in [1.29, 1.82) is 0 Å². The molecule has 0 fully saturated rings. The number of rotatable bonds is 5. The lowest BCUT2D eigenvalue weighted by Crippen LogP contribution is -2.32. The van der Waals surface area contributed by atoms with Crippen molar-refractivity contribution in [3.8, 4) is 0 Å². The molecular formula is C9H12BrFN2O2S.